The second-order valence-corrected chi connectivity index (χ2v) is 8.46. The van der Waals surface area contributed by atoms with E-state index in [-0.39, 0.29) is 4.90 Å². The molecule has 3 aromatic rings. The van der Waals surface area contributed by atoms with Crippen molar-refractivity contribution in [1.82, 2.24) is 0 Å². The van der Waals surface area contributed by atoms with E-state index in [1.807, 2.05) is 12.1 Å². The van der Waals surface area contributed by atoms with Crippen molar-refractivity contribution < 1.29 is 22.7 Å². The first kappa shape index (κ1) is 20.7. The molecule has 0 heterocycles. The van der Waals surface area contributed by atoms with Gasteiger partial charge in [-0.25, -0.2) is 8.42 Å². The molecule has 6 nitrogen and oxygen atoms in total. The highest BCUT2D eigenvalue weighted by Gasteiger charge is 2.19. The highest BCUT2D eigenvalue weighted by Crippen LogP contribution is 2.31. The molecule has 29 heavy (non-hydrogen) atoms. The van der Waals surface area contributed by atoms with Gasteiger partial charge in [0, 0.05) is 10.7 Å². The number of ether oxygens (including phenoxy) is 2. The summed E-state index contributed by atoms with van der Waals surface area (Å²) in [6.45, 7) is 0. The van der Waals surface area contributed by atoms with Gasteiger partial charge in [-0.1, -0.05) is 23.7 Å². The first-order valence-electron chi connectivity index (χ1n) is 8.56. The summed E-state index contributed by atoms with van der Waals surface area (Å²) in [5, 5.41) is 2.99. The number of benzene rings is 3. The number of hydrogen-bond acceptors (Lipinski definition) is 5. The Morgan fingerprint density at radius 2 is 1.55 bits per heavy atom. The van der Waals surface area contributed by atoms with Crippen molar-refractivity contribution in [2.24, 2.45) is 0 Å². The summed E-state index contributed by atoms with van der Waals surface area (Å²) in [5.41, 5.74) is 0.452. The first-order chi connectivity index (χ1) is 13.9. The Hall–Kier alpha value is -3.03. The van der Waals surface area contributed by atoms with Crippen molar-refractivity contribution in [3.05, 3.63) is 77.8 Å². The topological polar surface area (TPSA) is 81.7 Å². The molecule has 8 heteroatoms. The maximum atomic E-state index is 12.3. The minimum Gasteiger partial charge on any atom is -0.493 e. The van der Waals surface area contributed by atoms with Gasteiger partial charge < -0.3 is 14.8 Å². The lowest BCUT2D eigenvalue weighted by Crippen LogP contribution is -2.22. The van der Waals surface area contributed by atoms with Crippen molar-refractivity contribution in [2.45, 2.75) is 4.90 Å². The van der Waals surface area contributed by atoms with Crippen LogP contribution in [0.5, 0.6) is 17.2 Å². The maximum absolute atomic E-state index is 12.3. The number of methoxy groups -OCH3 is 1. The zero-order valence-electron chi connectivity index (χ0n) is 15.5. The van der Waals surface area contributed by atoms with Gasteiger partial charge in [-0.05, 0) is 60.7 Å². The molecule has 150 valence electrons. The second kappa shape index (κ2) is 8.98. The van der Waals surface area contributed by atoms with Gasteiger partial charge in [-0.3, -0.25) is 4.79 Å². The SMILES string of the molecule is COc1ccccc1Oc1ccc(NC(=O)CS(=O)(=O)c2ccc(Cl)cc2)cc1. The van der Waals surface area contributed by atoms with E-state index in [0.29, 0.717) is 28.0 Å². The van der Waals surface area contributed by atoms with Gasteiger partial charge in [0.05, 0.1) is 12.0 Å². The minimum absolute atomic E-state index is 0.0395. The summed E-state index contributed by atoms with van der Waals surface area (Å²) in [7, 11) is -2.21. The fraction of sp³-hybridized carbons (Fsp3) is 0.0952. The molecule has 0 spiro atoms. The van der Waals surface area contributed by atoms with Crippen LogP contribution in [0.2, 0.25) is 5.02 Å². The molecule has 0 saturated carbocycles. The number of carbonyl (C=O) groups excluding carboxylic acids is 1. The maximum Gasteiger partial charge on any atom is 0.239 e. The Bertz CT molecular complexity index is 1100. The highest BCUT2D eigenvalue weighted by molar-refractivity contribution is 7.92. The summed E-state index contributed by atoms with van der Waals surface area (Å²) in [4.78, 5) is 12.2. The number of nitrogens with one attached hydrogen (secondary N) is 1. The monoisotopic (exact) mass is 431 g/mol. The fourth-order valence-electron chi connectivity index (χ4n) is 2.53. The zero-order chi connectivity index (χ0) is 20.9. The lowest BCUT2D eigenvalue weighted by atomic mass is 10.3. The Labute approximate surface area is 174 Å². The van der Waals surface area contributed by atoms with Crippen molar-refractivity contribution in [3.8, 4) is 17.2 Å². The molecule has 1 N–H and O–H groups in total. The molecule has 0 bridgehead atoms. The molecular formula is C21H18ClNO5S. The molecule has 0 fully saturated rings. The predicted molar refractivity (Wildman–Crippen MR) is 112 cm³/mol. The van der Waals surface area contributed by atoms with E-state index in [2.05, 4.69) is 5.32 Å². The van der Waals surface area contributed by atoms with E-state index in [4.69, 9.17) is 21.1 Å². The van der Waals surface area contributed by atoms with Crippen molar-refractivity contribution >= 4 is 33.0 Å². The number of hydrogen-bond donors (Lipinski definition) is 1. The standard InChI is InChI=1S/C21H18ClNO5S/c1-27-19-4-2-3-5-20(19)28-17-10-8-16(9-11-17)23-21(24)14-29(25,26)18-12-6-15(22)7-13-18/h2-13H,14H2,1H3,(H,23,24). The van der Waals surface area contributed by atoms with E-state index >= 15 is 0 Å². The third-order valence-corrected chi connectivity index (χ3v) is 5.81. The normalized spacial score (nSPS) is 11.0. The predicted octanol–water partition coefficient (Wildman–Crippen LogP) is 4.55. The van der Waals surface area contributed by atoms with Crippen molar-refractivity contribution in [1.29, 1.82) is 0 Å². The number of carbonyl (C=O) groups is 1. The summed E-state index contributed by atoms with van der Waals surface area (Å²) in [6.07, 6.45) is 0. The van der Waals surface area contributed by atoms with Crippen LogP contribution in [-0.4, -0.2) is 27.2 Å². The molecule has 0 aromatic heterocycles. The number of halogens is 1. The van der Waals surface area contributed by atoms with Gasteiger partial charge in [0.25, 0.3) is 0 Å². The Kier molecular flexibility index (Phi) is 6.41. The number of para-hydroxylation sites is 2. The Morgan fingerprint density at radius 3 is 2.17 bits per heavy atom. The van der Waals surface area contributed by atoms with Crippen molar-refractivity contribution in [3.63, 3.8) is 0 Å². The van der Waals surface area contributed by atoms with Crippen LogP contribution < -0.4 is 14.8 Å². The first-order valence-corrected chi connectivity index (χ1v) is 10.6. The average Bonchev–Trinajstić information content (AvgIpc) is 2.70. The third-order valence-electron chi connectivity index (χ3n) is 3.93. The van der Waals surface area contributed by atoms with Crippen molar-refractivity contribution in [2.75, 3.05) is 18.2 Å². The average molecular weight is 432 g/mol. The number of sulfone groups is 1. The lowest BCUT2D eigenvalue weighted by Gasteiger charge is -2.11. The van der Waals surface area contributed by atoms with E-state index in [9.17, 15) is 13.2 Å². The fourth-order valence-corrected chi connectivity index (χ4v) is 3.79. The molecule has 0 aliphatic carbocycles. The molecule has 0 unspecified atom stereocenters. The van der Waals surface area contributed by atoms with Crippen LogP contribution in [0.3, 0.4) is 0 Å². The summed E-state index contributed by atoms with van der Waals surface area (Å²) < 4.78 is 35.7. The molecule has 3 aromatic carbocycles. The van der Waals surface area contributed by atoms with E-state index in [1.165, 1.54) is 24.3 Å². The van der Waals surface area contributed by atoms with E-state index in [0.717, 1.165) is 0 Å². The molecule has 1 amide bonds. The van der Waals surface area contributed by atoms with E-state index in [1.54, 1.807) is 43.5 Å². The van der Waals surface area contributed by atoms with Crippen LogP contribution in [0.4, 0.5) is 5.69 Å². The molecule has 0 saturated heterocycles. The number of amides is 1. The quantitative estimate of drug-likeness (QED) is 0.593. The second-order valence-electron chi connectivity index (χ2n) is 6.04. The largest absolute Gasteiger partial charge is 0.493 e. The van der Waals surface area contributed by atoms with Crippen LogP contribution in [0.1, 0.15) is 0 Å². The lowest BCUT2D eigenvalue weighted by molar-refractivity contribution is -0.113. The van der Waals surface area contributed by atoms with Gasteiger partial charge in [0.2, 0.25) is 5.91 Å². The van der Waals surface area contributed by atoms with Crippen LogP contribution in [0, 0.1) is 0 Å². The van der Waals surface area contributed by atoms with Crippen LogP contribution in [0.15, 0.2) is 77.7 Å². The summed E-state index contributed by atoms with van der Waals surface area (Å²) in [6, 6.07) is 19.5. The van der Waals surface area contributed by atoms with Gasteiger partial charge >= 0.3 is 0 Å². The Balaban J connectivity index is 1.63. The van der Waals surface area contributed by atoms with Gasteiger partial charge in [0.15, 0.2) is 21.3 Å². The van der Waals surface area contributed by atoms with Crippen LogP contribution in [-0.2, 0) is 14.6 Å². The van der Waals surface area contributed by atoms with Gasteiger partial charge in [-0.2, -0.15) is 0 Å². The highest BCUT2D eigenvalue weighted by atomic mass is 35.5. The molecule has 0 atom stereocenters. The molecule has 0 aliphatic heterocycles. The summed E-state index contributed by atoms with van der Waals surface area (Å²) >= 11 is 5.76. The third kappa shape index (κ3) is 5.49. The Morgan fingerprint density at radius 1 is 0.931 bits per heavy atom. The minimum atomic E-state index is -3.76. The van der Waals surface area contributed by atoms with E-state index < -0.39 is 21.5 Å². The van der Waals surface area contributed by atoms with Crippen LogP contribution in [0.25, 0.3) is 0 Å². The molecular weight excluding hydrogens is 414 g/mol. The van der Waals surface area contributed by atoms with Gasteiger partial charge in [-0.15, -0.1) is 0 Å². The van der Waals surface area contributed by atoms with Crippen LogP contribution >= 0.6 is 11.6 Å². The molecule has 0 radical (unpaired) electrons. The number of anilines is 1. The van der Waals surface area contributed by atoms with Gasteiger partial charge in [0.1, 0.15) is 11.5 Å². The smallest absolute Gasteiger partial charge is 0.239 e. The molecule has 3 rings (SSSR count). The molecule has 0 aliphatic rings. The number of rotatable bonds is 7. The zero-order valence-corrected chi connectivity index (χ0v) is 17.0. The summed E-state index contributed by atoms with van der Waals surface area (Å²) in [5.74, 6) is 0.381.